The van der Waals surface area contributed by atoms with E-state index in [1.165, 1.54) is 12.1 Å². The standard InChI is InChI=1S/C18H19FO5/c1-2-23-18(22)17(21)16(20)13-5-9-15(10-6-13)24-11-12-3-7-14(19)8-4-12/h3-10,16-17,20-21H,2,11H2,1H3. The van der Waals surface area contributed by atoms with Gasteiger partial charge in [0.1, 0.15) is 24.3 Å². The first-order chi connectivity index (χ1) is 11.5. The normalized spacial score (nSPS) is 13.2. The largest absolute Gasteiger partial charge is 0.489 e. The average molecular weight is 334 g/mol. The lowest BCUT2D eigenvalue weighted by molar-refractivity contribution is -0.159. The van der Waals surface area contributed by atoms with Crippen molar-refractivity contribution in [2.45, 2.75) is 25.7 Å². The van der Waals surface area contributed by atoms with Crippen molar-refractivity contribution in [2.75, 3.05) is 6.61 Å². The molecule has 2 aromatic carbocycles. The molecule has 0 heterocycles. The van der Waals surface area contributed by atoms with E-state index < -0.39 is 18.2 Å². The van der Waals surface area contributed by atoms with Crippen LogP contribution >= 0.6 is 0 Å². The number of hydrogen-bond donors (Lipinski definition) is 2. The highest BCUT2D eigenvalue weighted by Crippen LogP contribution is 2.22. The molecule has 0 aliphatic carbocycles. The lowest BCUT2D eigenvalue weighted by atomic mass is 10.0. The zero-order valence-corrected chi connectivity index (χ0v) is 13.2. The van der Waals surface area contributed by atoms with E-state index in [0.29, 0.717) is 11.3 Å². The molecule has 0 saturated heterocycles. The van der Waals surface area contributed by atoms with Crippen LogP contribution in [0.15, 0.2) is 48.5 Å². The third-order valence-electron chi connectivity index (χ3n) is 3.37. The van der Waals surface area contributed by atoms with Crippen molar-refractivity contribution in [2.24, 2.45) is 0 Å². The van der Waals surface area contributed by atoms with Crippen LogP contribution < -0.4 is 4.74 Å². The Bertz CT molecular complexity index is 654. The molecule has 2 unspecified atom stereocenters. The molecule has 0 saturated carbocycles. The fraction of sp³-hybridized carbons (Fsp3) is 0.278. The first-order valence-corrected chi connectivity index (χ1v) is 7.51. The smallest absolute Gasteiger partial charge is 0.338 e. The van der Waals surface area contributed by atoms with Crippen molar-refractivity contribution >= 4 is 5.97 Å². The number of rotatable bonds is 7. The summed E-state index contributed by atoms with van der Waals surface area (Å²) < 4.78 is 23.0. The monoisotopic (exact) mass is 334 g/mol. The first-order valence-electron chi connectivity index (χ1n) is 7.51. The van der Waals surface area contributed by atoms with Crippen LogP contribution in [0.2, 0.25) is 0 Å². The second-order valence-electron chi connectivity index (χ2n) is 5.13. The maximum Gasteiger partial charge on any atom is 0.338 e. The number of aliphatic hydroxyl groups excluding tert-OH is 2. The van der Waals surface area contributed by atoms with E-state index >= 15 is 0 Å². The van der Waals surface area contributed by atoms with E-state index in [1.807, 2.05) is 0 Å². The van der Waals surface area contributed by atoms with Gasteiger partial charge in [0.2, 0.25) is 0 Å². The average Bonchev–Trinajstić information content (AvgIpc) is 2.60. The zero-order chi connectivity index (χ0) is 17.5. The summed E-state index contributed by atoms with van der Waals surface area (Å²) in [6.45, 7) is 2.01. The fourth-order valence-corrected chi connectivity index (χ4v) is 2.05. The Kier molecular flexibility index (Phi) is 6.28. The van der Waals surface area contributed by atoms with E-state index in [4.69, 9.17) is 4.74 Å². The van der Waals surface area contributed by atoms with E-state index in [1.54, 1.807) is 43.3 Å². The van der Waals surface area contributed by atoms with Gasteiger partial charge >= 0.3 is 5.97 Å². The quantitative estimate of drug-likeness (QED) is 0.760. The van der Waals surface area contributed by atoms with Gasteiger partial charge in [-0.3, -0.25) is 0 Å². The predicted octanol–water partition coefficient (Wildman–Crippen LogP) is 2.36. The highest BCUT2D eigenvalue weighted by molar-refractivity contribution is 5.75. The van der Waals surface area contributed by atoms with Gasteiger partial charge in [0.05, 0.1) is 6.61 Å². The molecule has 5 nitrogen and oxygen atoms in total. The van der Waals surface area contributed by atoms with Crippen molar-refractivity contribution < 1.29 is 28.9 Å². The summed E-state index contributed by atoms with van der Waals surface area (Å²) in [5.41, 5.74) is 1.18. The summed E-state index contributed by atoms with van der Waals surface area (Å²) in [5.74, 6) is -0.639. The maximum absolute atomic E-state index is 12.8. The van der Waals surface area contributed by atoms with E-state index in [2.05, 4.69) is 4.74 Å². The molecule has 6 heteroatoms. The van der Waals surface area contributed by atoms with Crippen LogP contribution in [0, 0.1) is 5.82 Å². The Morgan fingerprint density at radius 1 is 1.08 bits per heavy atom. The maximum atomic E-state index is 12.8. The van der Waals surface area contributed by atoms with Gasteiger partial charge in [-0.15, -0.1) is 0 Å². The number of halogens is 1. The topological polar surface area (TPSA) is 76.0 Å². The molecule has 24 heavy (non-hydrogen) atoms. The Morgan fingerprint density at radius 2 is 1.71 bits per heavy atom. The van der Waals surface area contributed by atoms with E-state index in [0.717, 1.165) is 5.56 Å². The van der Waals surface area contributed by atoms with Gasteiger partial charge in [-0.05, 0) is 42.3 Å². The molecular formula is C18H19FO5. The van der Waals surface area contributed by atoms with E-state index in [-0.39, 0.29) is 19.0 Å². The van der Waals surface area contributed by atoms with Crippen LogP contribution in [0.5, 0.6) is 5.75 Å². The number of benzene rings is 2. The lowest BCUT2D eigenvalue weighted by Crippen LogP contribution is -2.29. The molecule has 0 bridgehead atoms. The molecular weight excluding hydrogens is 315 g/mol. The zero-order valence-electron chi connectivity index (χ0n) is 13.2. The molecule has 128 valence electrons. The number of carbonyl (C=O) groups excluding carboxylic acids is 1. The second kappa shape index (κ2) is 8.42. The minimum absolute atomic E-state index is 0.124. The van der Waals surface area contributed by atoms with Gasteiger partial charge in [0.15, 0.2) is 6.10 Å². The summed E-state index contributed by atoms with van der Waals surface area (Å²) >= 11 is 0. The minimum atomic E-state index is -1.64. The highest BCUT2D eigenvalue weighted by Gasteiger charge is 2.26. The molecule has 0 aliphatic rings. The first kappa shape index (κ1) is 17.9. The number of ether oxygens (including phenoxy) is 2. The van der Waals surface area contributed by atoms with Crippen LogP contribution in [0.25, 0.3) is 0 Å². The summed E-state index contributed by atoms with van der Waals surface area (Å²) in [5, 5.41) is 19.7. The molecule has 0 radical (unpaired) electrons. The Morgan fingerprint density at radius 3 is 2.29 bits per heavy atom. The Balaban J connectivity index is 1.94. The SMILES string of the molecule is CCOC(=O)C(O)C(O)c1ccc(OCc2ccc(F)cc2)cc1. The fourth-order valence-electron chi connectivity index (χ4n) is 2.05. The summed E-state index contributed by atoms with van der Waals surface area (Å²) in [6, 6.07) is 12.3. The molecule has 0 spiro atoms. The Labute approximate surface area is 139 Å². The third kappa shape index (κ3) is 4.78. The van der Waals surface area contributed by atoms with Crippen molar-refractivity contribution in [3.63, 3.8) is 0 Å². The van der Waals surface area contributed by atoms with Crippen LogP contribution in [0.3, 0.4) is 0 Å². The third-order valence-corrected chi connectivity index (χ3v) is 3.37. The number of carbonyl (C=O) groups is 1. The number of esters is 1. The van der Waals surface area contributed by atoms with Crippen molar-refractivity contribution in [3.05, 3.63) is 65.5 Å². The van der Waals surface area contributed by atoms with Gasteiger partial charge in [0.25, 0.3) is 0 Å². The van der Waals surface area contributed by atoms with Crippen LogP contribution in [0.4, 0.5) is 4.39 Å². The molecule has 0 aromatic heterocycles. The van der Waals surface area contributed by atoms with Crippen LogP contribution in [-0.4, -0.2) is 28.9 Å². The van der Waals surface area contributed by atoms with Crippen LogP contribution in [0.1, 0.15) is 24.2 Å². The van der Waals surface area contributed by atoms with Gasteiger partial charge in [-0.25, -0.2) is 9.18 Å². The van der Waals surface area contributed by atoms with Gasteiger partial charge in [-0.1, -0.05) is 24.3 Å². The van der Waals surface area contributed by atoms with Gasteiger partial charge in [0, 0.05) is 0 Å². The summed E-state index contributed by atoms with van der Waals surface area (Å²) in [7, 11) is 0. The summed E-state index contributed by atoms with van der Waals surface area (Å²) in [4.78, 5) is 11.4. The molecule has 0 amide bonds. The van der Waals surface area contributed by atoms with Gasteiger partial charge < -0.3 is 19.7 Å². The predicted molar refractivity (Wildman–Crippen MR) is 84.8 cm³/mol. The van der Waals surface area contributed by atoms with Crippen LogP contribution in [-0.2, 0) is 16.1 Å². The molecule has 2 atom stereocenters. The van der Waals surface area contributed by atoms with Crippen molar-refractivity contribution in [3.8, 4) is 5.75 Å². The molecule has 2 N–H and O–H groups in total. The van der Waals surface area contributed by atoms with Crippen molar-refractivity contribution in [1.82, 2.24) is 0 Å². The highest BCUT2D eigenvalue weighted by atomic mass is 19.1. The molecule has 0 aliphatic heterocycles. The molecule has 2 aromatic rings. The molecule has 0 fully saturated rings. The summed E-state index contributed by atoms with van der Waals surface area (Å²) in [6.07, 6.45) is -3.02. The van der Waals surface area contributed by atoms with E-state index in [9.17, 15) is 19.4 Å². The number of aliphatic hydroxyl groups is 2. The number of hydrogen-bond acceptors (Lipinski definition) is 5. The molecule has 2 rings (SSSR count). The lowest BCUT2D eigenvalue weighted by Gasteiger charge is -2.17. The van der Waals surface area contributed by atoms with Crippen molar-refractivity contribution in [1.29, 1.82) is 0 Å². The minimum Gasteiger partial charge on any atom is -0.489 e. The van der Waals surface area contributed by atoms with Gasteiger partial charge in [-0.2, -0.15) is 0 Å². The Hall–Kier alpha value is -2.44. The second-order valence-corrected chi connectivity index (χ2v) is 5.13.